The lowest BCUT2D eigenvalue weighted by atomic mass is 9.89. The molecular weight excluding hydrogens is 570 g/mol. The molecule has 0 bridgehead atoms. The zero-order valence-electron chi connectivity index (χ0n) is 22.9. The van der Waals surface area contributed by atoms with Crippen LogP contribution in [0.3, 0.4) is 0 Å². The lowest BCUT2D eigenvalue weighted by molar-refractivity contribution is -0.138. The quantitative estimate of drug-likeness (QED) is 0.239. The maximum Gasteiger partial charge on any atom is 0.327 e. The summed E-state index contributed by atoms with van der Waals surface area (Å²) in [5.41, 5.74) is 2.85. The zero-order chi connectivity index (χ0) is 29.5. The van der Waals surface area contributed by atoms with E-state index < -0.39 is 23.7 Å². The van der Waals surface area contributed by atoms with Crippen LogP contribution >= 0.6 is 21.0 Å². The molecule has 0 aliphatic carbocycles. The van der Waals surface area contributed by atoms with E-state index in [1.54, 1.807) is 18.2 Å². The van der Waals surface area contributed by atoms with Gasteiger partial charge < -0.3 is 15.3 Å². The zero-order valence-corrected chi connectivity index (χ0v) is 24.9. The van der Waals surface area contributed by atoms with E-state index in [1.807, 2.05) is 48.5 Å². The molecule has 0 spiro atoms. The molecular formula is C32H32FN4O3PS. The van der Waals surface area contributed by atoms with Crippen molar-refractivity contribution in [3.05, 3.63) is 108 Å². The summed E-state index contributed by atoms with van der Waals surface area (Å²) >= 11 is 1.43. The number of piperidine rings is 1. The van der Waals surface area contributed by atoms with Crippen molar-refractivity contribution in [1.82, 2.24) is 15.3 Å². The first-order valence-electron chi connectivity index (χ1n) is 13.8. The number of hydrogen-bond acceptors (Lipinski definition) is 6. The third-order valence-corrected chi connectivity index (χ3v) is 8.87. The predicted molar refractivity (Wildman–Crippen MR) is 169 cm³/mol. The predicted octanol–water partition coefficient (Wildman–Crippen LogP) is 5.28. The van der Waals surface area contributed by atoms with Crippen molar-refractivity contribution >= 4 is 44.0 Å². The normalized spacial score (nSPS) is 14.4. The second kappa shape index (κ2) is 13.9. The van der Waals surface area contributed by atoms with E-state index >= 15 is 0 Å². The Balaban J connectivity index is 1.36. The average Bonchev–Trinajstić information content (AvgIpc) is 3.02. The summed E-state index contributed by atoms with van der Waals surface area (Å²) in [5, 5.41) is 12.9. The highest BCUT2D eigenvalue weighted by Crippen LogP contribution is 2.31. The number of carbonyl (C=O) groups excluding carboxylic acids is 1. The van der Waals surface area contributed by atoms with Crippen LogP contribution < -0.4 is 15.5 Å². The third kappa shape index (κ3) is 7.52. The fourth-order valence-corrected chi connectivity index (χ4v) is 6.14. The largest absolute Gasteiger partial charge is 0.480 e. The van der Waals surface area contributed by atoms with Crippen LogP contribution in [-0.2, 0) is 10.5 Å². The Morgan fingerprint density at radius 1 is 1.00 bits per heavy atom. The van der Waals surface area contributed by atoms with Gasteiger partial charge in [-0.05, 0) is 36.0 Å². The third-order valence-electron chi connectivity index (χ3n) is 7.29. The van der Waals surface area contributed by atoms with Gasteiger partial charge in [0.25, 0.3) is 5.91 Å². The Morgan fingerprint density at radius 3 is 2.36 bits per heavy atom. The van der Waals surface area contributed by atoms with E-state index in [0.717, 1.165) is 31.5 Å². The highest BCUT2D eigenvalue weighted by atomic mass is 32.2. The number of benzene rings is 3. The molecule has 216 valence electrons. The number of anilines is 1. The van der Waals surface area contributed by atoms with Gasteiger partial charge in [-0.25, -0.2) is 19.2 Å². The minimum absolute atomic E-state index is 0.0369. The van der Waals surface area contributed by atoms with Crippen molar-refractivity contribution in [2.24, 2.45) is 0 Å². The van der Waals surface area contributed by atoms with Gasteiger partial charge in [-0.2, -0.15) is 11.8 Å². The van der Waals surface area contributed by atoms with E-state index in [4.69, 9.17) is 4.98 Å². The first-order valence-corrected chi connectivity index (χ1v) is 15.5. The summed E-state index contributed by atoms with van der Waals surface area (Å²) in [7, 11) is 2.34. The molecule has 2 N–H and O–H groups in total. The fourth-order valence-electron chi connectivity index (χ4n) is 4.95. The molecule has 3 aromatic carbocycles. The van der Waals surface area contributed by atoms with E-state index in [9.17, 15) is 19.1 Å². The Labute approximate surface area is 251 Å². The highest BCUT2D eigenvalue weighted by Gasteiger charge is 2.26. The number of carboxylic acids is 1. The minimum Gasteiger partial charge on any atom is -0.480 e. The Hall–Kier alpha value is -3.81. The monoisotopic (exact) mass is 602 g/mol. The van der Waals surface area contributed by atoms with Gasteiger partial charge in [-0.3, -0.25) is 4.79 Å². The molecule has 42 heavy (non-hydrogen) atoms. The maximum atomic E-state index is 14.5. The van der Waals surface area contributed by atoms with Crippen LogP contribution in [0.1, 0.15) is 40.4 Å². The summed E-state index contributed by atoms with van der Waals surface area (Å²) in [6.07, 6.45) is 1.84. The molecule has 1 fully saturated rings. The van der Waals surface area contributed by atoms with Crippen molar-refractivity contribution in [1.29, 1.82) is 0 Å². The van der Waals surface area contributed by atoms with Crippen LogP contribution in [0, 0.1) is 5.82 Å². The number of nitrogens with zero attached hydrogens (tertiary/aromatic N) is 3. The van der Waals surface area contributed by atoms with Gasteiger partial charge in [0.1, 0.15) is 23.4 Å². The van der Waals surface area contributed by atoms with Crippen molar-refractivity contribution in [2.45, 2.75) is 30.6 Å². The van der Waals surface area contributed by atoms with Crippen molar-refractivity contribution in [3.63, 3.8) is 0 Å². The van der Waals surface area contributed by atoms with Gasteiger partial charge >= 0.3 is 5.97 Å². The van der Waals surface area contributed by atoms with Gasteiger partial charge in [0.05, 0.1) is 0 Å². The second-order valence-corrected chi connectivity index (χ2v) is 11.9. The molecule has 1 aromatic heterocycles. The molecule has 5 rings (SSSR count). The SMILES string of the molecule is O=C(NC(CSCc1ccccc1)C(=O)O)c1cc(N2CCC(c3ccccc3)CC2)nc(-c2ccc(P)c(F)c2)n1. The van der Waals surface area contributed by atoms with Crippen LogP contribution in [0.5, 0.6) is 0 Å². The van der Waals surface area contributed by atoms with Gasteiger partial charge in [0.2, 0.25) is 0 Å². The maximum absolute atomic E-state index is 14.5. The van der Waals surface area contributed by atoms with Crippen LogP contribution in [0.15, 0.2) is 84.9 Å². The lowest BCUT2D eigenvalue weighted by Crippen LogP contribution is -2.43. The summed E-state index contributed by atoms with van der Waals surface area (Å²) < 4.78 is 14.5. The van der Waals surface area contributed by atoms with Crippen LogP contribution in [-0.4, -0.2) is 51.8 Å². The lowest BCUT2D eigenvalue weighted by Gasteiger charge is -2.33. The molecule has 1 saturated heterocycles. The summed E-state index contributed by atoms with van der Waals surface area (Å²) in [4.78, 5) is 36.7. The van der Waals surface area contributed by atoms with Crippen LogP contribution in [0.4, 0.5) is 10.2 Å². The minimum atomic E-state index is -1.13. The first kappa shape index (κ1) is 29.7. The Kier molecular flexibility index (Phi) is 9.82. The number of aliphatic carboxylic acids is 1. The van der Waals surface area contributed by atoms with E-state index in [2.05, 4.69) is 36.6 Å². The number of rotatable bonds is 10. The smallest absolute Gasteiger partial charge is 0.327 e. The van der Waals surface area contributed by atoms with E-state index in [0.29, 0.717) is 28.4 Å². The molecule has 1 amide bonds. The van der Waals surface area contributed by atoms with Crippen LogP contribution in [0.25, 0.3) is 11.4 Å². The molecule has 2 atom stereocenters. The molecule has 0 saturated carbocycles. The highest BCUT2D eigenvalue weighted by molar-refractivity contribution is 7.98. The number of aromatic nitrogens is 2. The molecule has 0 radical (unpaired) electrons. The topological polar surface area (TPSA) is 95.4 Å². The van der Waals surface area contributed by atoms with E-state index in [1.165, 1.54) is 23.4 Å². The number of nitrogens with one attached hydrogen (secondary N) is 1. The molecule has 2 unspecified atom stereocenters. The van der Waals surface area contributed by atoms with E-state index in [-0.39, 0.29) is 17.3 Å². The van der Waals surface area contributed by atoms with Crippen LogP contribution in [0.2, 0.25) is 0 Å². The molecule has 7 nitrogen and oxygen atoms in total. The molecule has 1 aliphatic rings. The fraction of sp³-hybridized carbons (Fsp3) is 0.250. The summed E-state index contributed by atoms with van der Waals surface area (Å²) in [6, 6.07) is 25.3. The number of halogens is 1. The Morgan fingerprint density at radius 2 is 1.69 bits per heavy atom. The standard InChI is InChI=1S/C32H32FN4O3PS/c33-25-17-24(11-12-28(25)41)30-34-26(31(38)35-27(32(39)40)20-42-19-21-7-3-1-4-8-21)18-29(36-30)37-15-13-23(14-16-37)22-9-5-2-6-10-22/h1-12,17-18,23,27H,13-16,19-20,41H2,(H,35,38)(H,39,40). The average molecular weight is 603 g/mol. The van der Waals surface area contributed by atoms with Crippen molar-refractivity contribution < 1.29 is 19.1 Å². The van der Waals surface area contributed by atoms with Gasteiger partial charge in [-0.15, -0.1) is 9.24 Å². The summed E-state index contributed by atoms with van der Waals surface area (Å²) in [6.45, 7) is 1.45. The number of thioether (sulfide) groups is 1. The molecule has 4 aromatic rings. The van der Waals surface area contributed by atoms with Gasteiger partial charge in [0.15, 0.2) is 5.82 Å². The second-order valence-electron chi connectivity index (χ2n) is 10.2. The number of carboxylic acid groups (broad SMARTS) is 1. The van der Waals surface area contributed by atoms with Crippen molar-refractivity contribution in [3.8, 4) is 11.4 Å². The summed E-state index contributed by atoms with van der Waals surface area (Å²) in [5.74, 6) is -0.168. The van der Waals surface area contributed by atoms with Gasteiger partial charge in [0, 0.05) is 41.5 Å². The molecule has 10 heteroatoms. The molecule has 2 heterocycles. The first-order chi connectivity index (χ1) is 20.4. The number of amides is 1. The molecule has 1 aliphatic heterocycles. The van der Waals surface area contributed by atoms with Crippen molar-refractivity contribution in [2.75, 3.05) is 23.7 Å². The Bertz CT molecular complexity index is 1540. The number of carbonyl (C=O) groups is 2. The number of hydrogen-bond donors (Lipinski definition) is 2. The van der Waals surface area contributed by atoms with Gasteiger partial charge in [-0.1, -0.05) is 72.8 Å².